The summed E-state index contributed by atoms with van der Waals surface area (Å²) in [5.41, 5.74) is 1.19. The first-order chi connectivity index (χ1) is 10.6. The third-order valence-electron chi connectivity index (χ3n) is 3.35. The second kappa shape index (κ2) is 7.69. The Kier molecular flexibility index (Phi) is 5.64. The Morgan fingerprint density at radius 1 is 1.09 bits per heavy atom. The van der Waals surface area contributed by atoms with Gasteiger partial charge in [0, 0.05) is 19.3 Å². The molecule has 1 unspecified atom stereocenters. The number of hydrogen-bond acceptors (Lipinski definition) is 2. The van der Waals surface area contributed by atoms with E-state index in [0.717, 1.165) is 23.8 Å². The van der Waals surface area contributed by atoms with Crippen molar-refractivity contribution in [2.75, 3.05) is 0 Å². The lowest BCUT2D eigenvalue weighted by atomic mass is 10.0. The molecule has 2 aromatic rings. The number of carbonyl (C=O) groups is 1. The second-order valence-corrected chi connectivity index (χ2v) is 5.09. The summed E-state index contributed by atoms with van der Waals surface area (Å²) in [5, 5.41) is 0. The van der Waals surface area contributed by atoms with Crippen molar-refractivity contribution in [3.8, 4) is 0 Å². The van der Waals surface area contributed by atoms with E-state index < -0.39 is 17.7 Å². The van der Waals surface area contributed by atoms with Crippen LogP contribution in [-0.4, -0.2) is 12.1 Å². The highest BCUT2D eigenvalue weighted by Crippen LogP contribution is 2.16. The van der Waals surface area contributed by atoms with Crippen LogP contribution < -0.4 is 0 Å². The van der Waals surface area contributed by atoms with Crippen LogP contribution in [0.3, 0.4) is 0 Å². The van der Waals surface area contributed by atoms with Gasteiger partial charge in [0.25, 0.3) is 0 Å². The number of ether oxygens (including phenoxy) is 1. The van der Waals surface area contributed by atoms with Crippen LogP contribution in [0.25, 0.3) is 0 Å². The van der Waals surface area contributed by atoms with Crippen molar-refractivity contribution in [3.05, 3.63) is 71.3 Å². The molecule has 0 bridgehead atoms. The molecular formula is C18H18F2O2. The van der Waals surface area contributed by atoms with Crippen LogP contribution in [0.15, 0.2) is 48.5 Å². The molecule has 0 spiro atoms. The predicted octanol–water partition coefficient (Wildman–Crippen LogP) is 4.07. The third-order valence-corrected chi connectivity index (χ3v) is 3.35. The molecule has 1 atom stereocenters. The highest BCUT2D eigenvalue weighted by Gasteiger charge is 2.17. The molecule has 0 saturated heterocycles. The van der Waals surface area contributed by atoms with Crippen molar-refractivity contribution < 1.29 is 18.3 Å². The van der Waals surface area contributed by atoms with Crippen molar-refractivity contribution in [1.82, 2.24) is 0 Å². The average Bonchev–Trinajstić information content (AvgIpc) is 2.51. The molecule has 2 nitrogen and oxygen atoms in total. The molecule has 0 fully saturated rings. The van der Waals surface area contributed by atoms with Gasteiger partial charge >= 0.3 is 5.97 Å². The molecule has 0 amide bonds. The molecule has 0 N–H and O–H groups in total. The van der Waals surface area contributed by atoms with Gasteiger partial charge in [-0.15, -0.1) is 0 Å². The van der Waals surface area contributed by atoms with Crippen molar-refractivity contribution in [2.45, 2.75) is 32.3 Å². The minimum atomic E-state index is -0.522. The fourth-order valence-corrected chi connectivity index (χ4v) is 2.25. The molecule has 22 heavy (non-hydrogen) atoms. The monoisotopic (exact) mass is 304 g/mol. The van der Waals surface area contributed by atoms with Gasteiger partial charge in [-0.1, -0.05) is 37.3 Å². The van der Waals surface area contributed by atoms with Gasteiger partial charge in [-0.05, 0) is 29.3 Å². The maximum atomic E-state index is 13.8. The Bertz CT molecular complexity index is 626. The molecule has 0 aromatic heterocycles. The smallest absolute Gasteiger partial charge is 0.305 e. The summed E-state index contributed by atoms with van der Waals surface area (Å²) in [6, 6.07) is 12.8. The van der Waals surface area contributed by atoms with Crippen molar-refractivity contribution in [1.29, 1.82) is 0 Å². The SMILES string of the molecule is CCC(=O)OC(Cc1ccccc1)Cc1cc(F)ccc1F. The molecule has 2 aromatic carbocycles. The van der Waals surface area contributed by atoms with Gasteiger partial charge in [0.05, 0.1) is 0 Å². The van der Waals surface area contributed by atoms with Gasteiger partial charge in [0.2, 0.25) is 0 Å². The first-order valence-corrected chi connectivity index (χ1v) is 7.25. The van der Waals surface area contributed by atoms with Crippen LogP contribution in [0.4, 0.5) is 8.78 Å². The Hall–Kier alpha value is -2.23. The van der Waals surface area contributed by atoms with E-state index in [9.17, 15) is 13.6 Å². The molecule has 0 aliphatic rings. The molecule has 116 valence electrons. The van der Waals surface area contributed by atoms with Crippen LogP contribution in [0.1, 0.15) is 24.5 Å². The van der Waals surface area contributed by atoms with Crippen LogP contribution in [0.5, 0.6) is 0 Å². The third kappa shape index (κ3) is 4.65. The maximum Gasteiger partial charge on any atom is 0.305 e. The summed E-state index contributed by atoms with van der Waals surface area (Å²) in [7, 11) is 0. The Morgan fingerprint density at radius 3 is 2.50 bits per heavy atom. The number of carbonyl (C=O) groups excluding carboxylic acids is 1. The van der Waals surface area contributed by atoms with E-state index in [1.54, 1.807) is 6.92 Å². The van der Waals surface area contributed by atoms with E-state index in [1.165, 1.54) is 0 Å². The first-order valence-electron chi connectivity index (χ1n) is 7.25. The standard InChI is InChI=1S/C18H18F2O2/c1-2-18(21)22-16(10-13-6-4-3-5-7-13)12-14-11-15(19)8-9-17(14)20/h3-9,11,16H,2,10,12H2,1H3. The van der Waals surface area contributed by atoms with Crippen molar-refractivity contribution >= 4 is 5.97 Å². The number of esters is 1. The zero-order valence-corrected chi connectivity index (χ0v) is 12.4. The summed E-state index contributed by atoms with van der Waals surface area (Å²) in [6.45, 7) is 1.70. The van der Waals surface area contributed by atoms with E-state index in [-0.39, 0.29) is 24.4 Å². The number of benzene rings is 2. The molecule has 0 heterocycles. The summed E-state index contributed by atoms with van der Waals surface area (Å²) >= 11 is 0. The van der Waals surface area contributed by atoms with Crippen LogP contribution >= 0.6 is 0 Å². The summed E-state index contributed by atoms with van der Waals surface area (Å²) in [5.74, 6) is -1.35. The highest BCUT2D eigenvalue weighted by atomic mass is 19.1. The van der Waals surface area contributed by atoms with E-state index in [4.69, 9.17) is 4.74 Å². The van der Waals surface area contributed by atoms with Gasteiger partial charge in [-0.2, -0.15) is 0 Å². The lowest BCUT2D eigenvalue weighted by molar-refractivity contribution is -0.148. The quantitative estimate of drug-likeness (QED) is 0.752. The van der Waals surface area contributed by atoms with Gasteiger partial charge < -0.3 is 4.74 Å². The highest BCUT2D eigenvalue weighted by molar-refractivity contribution is 5.69. The molecule has 0 aliphatic carbocycles. The zero-order valence-electron chi connectivity index (χ0n) is 12.4. The van der Waals surface area contributed by atoms with E-state index in [2.05, 4.69) is 0 Å². The fraction of sp³-hybridized carbons (Fsp3) is 0.278. The second-order valence-electron chi connectivity index (χ2n) is 5.09. The van der Waals surface area contributed by atoms with Crippen LogP contribution in [-0.2, 0) is 22.4 Å². The predicted molar refractivity (Wildman–Crippen MR) is 80.4 cm³/mol. The minimum Gasteiger partial charge on any atom is -0.462 e. The summed E-state index contributed by atoms with van der Waals surface area (Å²) in [6.07, 6.45) is 0.329. The minimum absolute atomic E-state index is 0.143. The molecular weight excluding hydrogens is 286 g/mol. The Labute approximate surface area is 128 Å². The van der Waals surface area contributed by atoms with Crippen molar-refractivity contribution in [3.63, 3.8) is 0 Å². The topological polar surface area (TPSA) is 26.3 Å². The molecule has 2 rings (SSSR count). The number of rotatable bonds is 6. The lowest BCUT2D eigenvalue weighted by Crippen LogP contribution is -2.23. The average molecular weight is 304 g/mol. The summed E-state index contributed by atoms with van der Waals surface area (Å²) < 4.78 is 32.4. The first kappa shape index (κ1) is 16.1. The molecule has 0 radical (unpaired) electrons. The van der Waals surface area contributed by atoms with E-state index in [1.807, 2.05) is 30.3 Å². The molecule has 0 aliphatic heterocycles. The van der Waals surface area contributed by atoms with E-state index >= 15 is 0 Å². The maximum absolute atomic E-state index is 13.8. The largest absolute Gasteiger partial charge is 0.462 e. The lowest BCUT2D eigenvalue weighted by Gasteiger charge is -2.18. The Morgan fingerprint density at radius 2 is 1.82 bits per heavy atom. The van der Waals surface area contributed by atoms with Crippen LogP contribution in [0, 0.1) is 11.6 Å². The van der Waals surface area contributed by atoms with Crippen LogP contribution in [0.2, 0.25) is 0 Å². The van der Waals surface area contributed by atoms with Gasteiger partial charge in [-0.25, -0.2) is 8.78 Å². The number of hydrogen-bond donors (Lipinski definition) is 0. The van der Waals surface area contributed by atoms with E-state index in [0.29, 0.717) is 6.42 Å². The molecule has 0 saturated carbocycles. The zero-order chi connectivity index (χ0) is 15.9. The number of halogens is 2. The van der Waals surface area contributed by atoms with Gasteiger partial charge in [0.15, 0.2) is 0 Å². The summed E-state index contributed by atoms with van der Waals surface area (Å²) in [4.78, 5) is 11.6. The van der Waals surface area contributed by atoms with Crippen molar-refractivity contribution in [2.24, 2.45) is 0 Å². The van der Waals surface area contributed by atoms with Gasteiger partial charge in [-0.3, -0.25) is 4.79 Å². The van der Waals surface area contributed by atoms with Gasteiger partial charge in [0.1, 0.15) is 17.7 Å². The molecule has 4 heteroatoms. The normalized spacial score (nSPS) is 12.0. The fourth-order valence-electron chi connectivity index (χ4n) is 2.25. The Balaban J connectivity index is 2.16.